The zero-order valence-corrected chi connectivity index (χ0v) is 6.08. The second-order valence-electron chi connectivity index (χ2n) is 1.26. The summed E-state index contributed by atoms with van der Waals surface area (Å²) in [7, 11) is 0. The summed E-state index contributed by atoms with van der Waals surface area (Å²) in [5.41, 5.74) is 0. The van der Waals surface area contributed by atoms with Crippen molar-refractivity contribution in [2.24, 2.45) is 0 Å². The molecule has 0 atom stereocenters. The van der Waals surface area contributed by atoms with E-state index < -0.39 is 0 Å². The third-order valence-electron chi connectivity index (χ3n) is 0.656. The number of pyridine rings is 1. The molecule has 1 aromatic heterocycles. The van der Waals surface area contributed by atoms with E-state index in [-0.39, 0.29) is 5.88 Å². The van der Waals surface area contributed by atoms with Gasteiger partial charge in [0.1, 0.15) is 6.20 Å². The van der Waals surface area contributed by atoms with E-state index in [0.29, 0.717) is 0 Å². The number of hydrogen-bond donors (Lipinski definition) is 1. The van der Waals surface area contributed by atoms with Gasteiger partial charge in [-0.3, -0.25) is 0 Å². The SMILES string of the molecule is Oc1ccc(I)[c]n1. The molecule has 0 saturated carbocycles. The molecule has 1 aromatic rings. The van der Waals surface area contributed by atoms with E-state index in [9.17, 15) is 0 Å². The van der Waals surface area contributed by atoms with Gasteiger partial charge < -0.3 is 5.11 Å². The Kier molecular flexibility index (Phi) is 1.67. The Balaban J connectivity index is 3.03. The summed E-state index contributed by atoms with van der Waals surface area (Å²) < 4.78 is 0.903. The number of aromatic nitrogens is 1. The topological polar surface area (TPSA) is 33.1 Å². The molecule has 0 aliphatic heterocycles. The van der Waals surface area contributed by atoms with Gasteiger partial charge in [-0.2, -0.15) is 0 Å². The fourth-order valence-corrected chi connectivity index (χ4v) is 0.633. The van der Waals surface area contributed by atoms with Gasteiger partial charge in [0, 0.05) is 9.64 Å². The summed E-state index contributed by atoms with van der Waals surface area (Å²) in [5.74, 6) is 0.0189. The molecule has 0 aliphatic carbocycles. The van der Waals surface area contributed by atoms with Crippen LogP contribution in [0, 0.1) is 9.77 Å². The molecule has 0 spiro atoms. The van der Waals surface area contributed by atoms with Crippen molar-refractivity contribution in [2.45, 2.75) is 0 Å². The number of rotatable bonds is 0. The van der Waals surface area contributed by atoms with Gasteiger partial charge in [0.25, 0.3) is 0 Å². The predicted octanol–water partition coefficient (Wildman–Crippen LogP) is 1.19. The molecule has 1 rings (SSSR count). The fraction of sp³-hybridized carbons (Fsp3) is 0. The summed E-state index contributed by atoms with van der Waals surface area (Å²) in [6.07, 6.45) is 2.59. The molecule has 0 fully saturated rings. The van der Waals surface area contributed by atoms with Crippen LogP contribution in [0.5, 0.6) is 5.88 Å². The fourth-order valence-electron chi connectivity index (χ4n) is 0.333. The highest BCUT2D eigenvalue weighted by atomic mass is 127. The first-order chi connectivity index (χ1) is 3.79. The van der Waals surface area contributed by atoms with Crippen molar-refractivity contribution in [2.75, 3.05) is 0 Å². The molecule has 0 bridgehead atoms. The first-order valence-corrected chi connectivity index (χ1v) is 3.10. The van der Waals surface area contributed by atoms with Gasteiger partial charge in [0.15, 0.2) is 0 Å². The van der Waals surface area contributed by atoms with Crippen LogP contribution < -0.4 is 0 Å². The molecule has 0 unspecified atom stereocenters. The molecule has 41 valence electrons. The predicted molar refractivity (Wildman–Crippen MR) is 37.5 cm³/mol. The first-order valence-electron chi connectivity index (χ1n) is 2.02. The van der Waals surface area contributed by atoms with Crippen molar-refractivity contribution >= 4 is 22.6 Å². The summed E-state index contributed by atoms with van der Waals surface area (Å²) in [6, 6.07) is 3.27. The first kappa shape index (κ1) is 5.81. The molecule has 3 heteroatoms. The van der Waals surface area contributed by atoms with E-state index in [0.717, 1.165) is 3.57 Å². The van der Waals surface area contributed by atoms with E-state index in [1.54, 1.807) is 6.07 Å². The Morgan fingerprint density at radius 2 is 2.38 bits per heavy atom. The molecule has 2 nitrogen and oxygen atoms in total. The standard InChI is InChI=1S/C5H3INO/c6-4-1-2-5(8)7-3-4/h1-2H,(H,7,8). The van der Waals surface area contributed by atoms with Crippen LogP contribution in [0.3, 0.4) is 0 Å². The lowest BCUT2D eigenvalue weighted by Gasteiger charge is -1.85. The highest BCUT2D eigenvalue weighted by Crippen LogP contribution is 2.05. The van der Waals surface area contributed by atoms with E-state index in [1.165, 1.54) is 6.07 Å². The maximum absolute atomic E-state index is 8.61. The average molecular weight is 220 g/mol. The molecule has 0 saturated heterocycles. The van der Waals surface area contributed by atoms with E-state index in [2.05, 4.69) is 33.8 Å². The maximum Gasteiger partial charge on any atom is 0.211 e. The number of hydrogen-bond acceptors (Lipinski definition) is 2. The third kappa shape index (κ3) is 1.33. The minimum Gasteiger partial charge on any atom is -0.493 e. The zero-order chi connectivity index (χ0) is 5.98. The second kappa shape index (κ2) is 2.30. The largest absolute Gasteiger partial charge is 0.493 e. The van der Waals surface area contributed by atoms with Crippen LogP contribution in [0.15, 0.2) is 12.1 Å². The van der Waals surface area contributed by atoms with Crippen LogP contribution in [0.25, 0.3) is 0 Å². The van der Waals surface area contributed by atoms with Crippen molar-refractivity contribution in [3.8, 4) is 5.88 Å². The molecule has 8 heavy (non-hydrogen) atoms. The third-order valence-corrected chi connectivity index (χ3v) is 1.26. The van der Waals surface area contributed by atoms with Crippen molar-refractivity contribution in [1.82, 2.24) is 4.98 Å². The lowest BCUT2D eigenvalue weighted by molar-refractivity contribution is 0.453. The Labute approximate surface area is 60.7 Å². The normalized spacial score (nSPS) is 9.12. The van der Waals surface area contributed by atoms with Crippen LogP contribution in [0.4, 0.5) is 0 Å². The second-order valence-corrected chi connectivity index (χ2v) is 2.43. The smallest absolute Gasteiger partial charge is 0.211 e. The van der Waals surface area contributed by atoms with E-state index in [1.807, 2.05) is 0 Å². The van der Waals surface area contributed by atoms with Gasteiger partial charge in [0.05, 0.1) is 0 Å². The van der Waals surface area contributed by atoms with Gasteiger partial charge in [-0.15, -0.1) is 0 Å². The number of aromatic hydroxyl groups is 1. The van der Waals surface area contributed by atoms with Crippen molar-refractivity contribution in [1.29, 1.82) is 0 Å². The van der Waals surface area contributed by atoms with Crippen molar-refractivity contribution in [3.05, 3.63) is 21.9 Å². The van der Waals surface area contributed by atoms with Crippen LogP contribution in [0.2, 0.25) is 0 Å². The van der Waals surface area contributed by atoms with Crippen molar-refractivity contribution < 1.29 is 5.11 Å². The van der Waals surface area contributed by atoms with Crippen LogP contribution in [0.1, 0.15) is 0 Å². The summed E-state index contributed by atoms with van der Waals surface area (Å²) in [4.78, 5) is 3.50. The van der Waals surface area contributed by atoms with Gasteiger partial charge in [0.2, 0.25) is 5.88 Å². The van der Waals surface area contributed by atoms with Gasteiger partial charge in [-0.1, -0.05) is 0 Å². The molecule has 0 aliphatic rings. The Morgan fingerprint density at radius 3 is 2.75 bits per heavy atom. The molecule has 1 heterocycles. The minimum atomic E-state index is 0.0189. The van der Waals surface area contributed by atoms with Crippen LogP contribution in [-0.2, 0) is 0 Å². The lowest BCUT2D eigenvalue weighted by Crippen LogP contribution is -1.74. The number of nitrogens with zero attached hydrogens (tertiary/aromatic N) is 1. The highest BCUT2D eigenvalue weighted by Gasteiger charge is 1.86. The Bertz CT molecular complexity index is 151. The summed E-state index contributed by atoms with van der Waals surface area (Å²) >= 11 is 2.07. The van der Waals surface area contributed by atoms with Crippen LogP contribution >= 0.6 is 22.6 Å². The van der Waals surface area contributed by atoms with Gasteiger partial charge >= 0.3 is 0 Å². The van der Waals surface area contributed by atoms with E-state index >= 15 is 0 Å². The van der Waals surface area contributed by atoms with Crippen molar-refractivity contribution in [3.63, 3.8) is 0 Å². The summed E-state index contributed by atoms with van der Waals surface area (Å²) in [5, 5.41) is 8.61. The molecule has 0 aromatic carbocycles. The molecule has 0 amide bonds. The Morgan fingerprint density at radius 1 is 1.62 bits per heavy atom. The quantitative estimate of drug-likeness (QED) is 0.666. The van der Waals surface area contributed by atoms with E-state index in [4.69, 9.17) is 5.11 Å². The molecule has 1 N–H and O–H groups in total. The molecular weight excluding hydrogens is 217 g/mol. The monoisotopic (exact) mass is 220 g/mol. The zero-order valence-electron chi connectivity index (χ0n) is 3.93. The van der Waals surface area contributed by atoms with Crippen LogP contribution in [-0.4, -0.2) is 10.1 Å². The summed E-state index contributed by atoms with van der Waals surface area (Å²) in [6.45, 7) is 0. The van der Waals surface area contributed by atoms with Gasteiger partial charge in [-0.05, 0) is 28.7 Å². The Hall–Kier alpha value is -0.320. The number of halogens is 1. The minimum absolute atomic E-state index is 0.0189. The molecule has 1 radical (unpaired) electrons. The lowest BCUT2D eigenvalue weighted by atomic mass is 10.5. The maximum atomic E-state index is 8.61. The molecular formula is C5H3INO. The van der Waals surface area contributed by atoms with Gasteiger partial charge in [-0.25, -0.2) is 4.98 Å². The average Bonchev–Trinajstić information content (AvgIpc) is 1.77. The highest BCUT2D eigenvalue weighted by molar-refractivity contribution is 14.1.